The number of carbonyl (C=O) groups is 4. The molecule has 2 aliphatic carbocycles. The lowest BCUT2D eigenvalue weighted by Crippen LogP contribution is -2.51. The summed E-state index contributed by atoms with van der Waals surface area (Å²) in [5.41, 5.74) is 7.28. The van der Waals surface area contributed by atoms with E-state index >= 15 is 0 Å². The van der Waals surface area contributed by atoms with E-state index in [4.69, 9.17) is 24.4 Å². The first kappa shape index (κ1) is 46.2. The monoisotopic (exact) mass is 917 g/mol. The van der Waals surface area contributed by atoms with Crippen LogP contribution in [0.1, 0.15) is 157 Å². The van der Waals surface area contributed by atoms with Gasteiger partial charge in [0.15, 0.2) is 0 Å². The molecule has 67 heavy (non-hydrogen) atoms. The highest BCUT2D eigenvalue weighted by atomic mass is 16.5. The third kappa shape index (κ3) is 9.37. The highest BCUT2D eigenvalue weighted by Gasteiger charge is 2.43. The van der Waals surface area contributed by atoms with Gasteiger partial charge in [0.2, 0.25) is 11.8 Å². The molecule has 4 amide bonds. The molecule has 7 atom stereocenters. The lowest BCUT2D eigenvalue weighted by Gasteiger charge is -2.37. The van der Waals surface area contributed by atoms with Crippen molar-refractivity contribution in [3.05, 3.63) is 76.9 Å². The van der Waals surface area contributed by atoms with Crippen LogP contribution < -0.4 is 15.5 Å². The number of fused-ring (bicyclic) bond motifs is 2. The van der Waals surface area contributed by atoms with Crippen LogP contribution in [0.4, 0.5) is 15.3 Å². The Morgan fingerprint density at radius 1 is 0.716 bits per heavy atom. The van der Waals surface area contributed by atoms with E-state index in [0.29, 0.717) is 19.0 Å². The fourth-order valence-electron chi connectivity index (χ4n) is 11.6. The van der Waals surface area contributed by atoms with Gasteiger partial charge in [-0.1, -0.05) is 59.1 Å². The van der Waals surface area contributed by atoms with E-state index in [-0.39, 0.29) is 53.7 Å². The first-order chi connectivity index (χ1) is 32.4. The molecule has 5 aliphatic rings. The summed E-state index contributed by atoms with van der Waals surface area (Å²) in [6.07, 6.45) is 17.6. The number of aromatic amines is 2. The minimum atomic E-state index is -0.702. The number of H-pyrrole nitrogens is 2. The molecule has 1 unspecified atom stereocenters. The highest BCUT2D eigenvalue weighted by Crippen LogP contribution is 2.46. The third-order valence-electron chi connectivity index (χ3n) is 15.2. The normalized spacial score (nSPS) is 24.1. The molecule has 16 nitrogen and oxygen atoms in total. The van der Waals surface area contributed by atoms with Crippen LogP contribution in [-0.2, 0) is 25.5 Å². The Morgan fingerprint density at radius 3 is 1.96 bits per heavy atom. The SMILES string of the molecule is COC(=O)N[C@H](C(=O)N1CCC[C@H]1c1nc2c([nH]1)CC([C@H]1CC[C@H](c3ccc4nc([C@@H]5CCCN5C(=O)[C@@H](NC(=O)OC)C(C)C)[nH]c4c3)N1c1ccc(C3CCCCC3)nc1)C=C2)C(C)C. The standard InChI is InChI=1S/C51H68N10O6/c1-29(2)44(57-50(64)66-5)48(62)59-24-10-14-42(59)46-53-36-19-16-32(26-38(36)55-46)40-22-23-41(61(40)34-18-21-35(52-28-34)31-12-8-7-9-13-31)33-17-20-37-39(27-33)56-47(54-37)43-15-11-25-60(43)49(63)45(30(3)4)58-51(65)67-6/h16-21,26,28-31,33,40-45H,7-15,22-25,27H2,1-6H3,(H,53,55)(H,54,56)(H,57,64)(H,58,65)/t33?,40-,41-,42+,43+,44+,45+/m1/s1. The predicted molar refractivity (Wildman–Crippen MR) is 255 cm³/mol. The molecule has 0 spiro atoms. The number of alkyl carbamates (subject to hydrolysis) is 2. The molecular formula is C51H68N10O6. The van der Waals surface area contributed by atoms with Crippen LogP contribution in [0.5, 0.6) is 0 Å². The summed E-state index contributed by atoms with van der Waals surface area (Å²) in [5.74, 6) is 1.77. The van der Waals surface area contributed by atoms with Gasteiger partial charge in [-0.25, -0.2) is 19.6 Å². The summed E-state index contributed by atoms with van der Waals surface area (Å²) in [6.45, 7) is 8.90. The number of amides is 4. The number of aromatic nitrogens is 5. The first-order valence-corrected chi connectivity index (χ1v) is 24.7. The van der Waals surface area contributed by atoms with E-state index in [1.54, 1.807) is 0 Å². The molecule has 4 aromatic rings. The van der Waals surface area contributed by atoms with Crippen LogP contribution in [0.3, 0.4) is 0 Å². The van der Waals surface area contributed by atoms with Gasteiger partial charge >= 0.3 is 12.2 Å². The Labute approximate surface area is 393 Å². The van der Waals surface area contributed by atoms with Crippen molar-refractivity contribution in [3.8, 4) is 0 Å². The Bertz CT molecular complexity index is 2460. The second-order valence-electron chi connectivity index (χ2n) is 20.1. The zero-order chi connectivity index (χ0) is 46.9. The van der Waals surface area contributed by atoms with Gasteiger partial charge in [-0.15, -0.1) is 0 Å². The molecule has 1 saturated carbocycles. The lowest BCUT2D eigenvalue weighted by molar-refractivity contribution is -0.136. The van der Waals surface area contributed by atoms with Crippen molar-refractivity contribution in [3.63, 3.8) is 0 Å². The number of ether oxygens (including phenoxy) is 2. The van der Waals surface area contributed by atoms with Crippen LogP contribution in [-0.4, -0.2) is 104 Å². The fraction of sp³-hybridized carbons (Fsp3) is 0.588. The molecule has 0 bridgehead atoms. The lowest BCUT2D eigenvalue weighted by atomic mass is 9.86. The van der Waals surface area contributed by atoms with Gasteiger partial charge in [-0.3, -0.25) is 14.6 Å². The quantitative estimate of drug-likeness (QED) is 0.107. The smallest absolute Gasteiger partial charge is 0.407 e. The Morgan fingerprint density at radius 2 is 1.36 bits per heavy atom. The van der Waals surface area contributed by atoms with E-state index in [0.717, 1.165) is 84.7 Å². The number of anilines is 1. The minimum absolute atomic E-state index is 0.0851. The average molecular weight is 917 g/mol. The van der Waals surface area contributed by atoms with Gasteiger partial charge in [0.25, 0.3) is 0 Å². The molecule has 9 rings (SSSR count). The summed E-state index contributed by atoms with van der Waals surface area (Å²) < 4.78 is 9.69. The summed E-state index contributed by atoms with van der Waals surface area (Å²) in [4.78, 5) is 81.2. The van der Waals surface area contributed by atoms with Crippen molar-refractivity contribution < 1.29 is 28.7 Å². The van der Waals surface area contributed by atoms with Gasteiger partial charge in [0.1, 0.15) is 23.7 Å². The maximum absolute atomic E-state index is 13.9. The van der Waals surface area contributed by atoms with E-state index in [1.165, 1.54) is 57.6 Å². The van der Waals surface area contributed by atoms with E-state index in [9.17, 15) is 19.2 Å². The summed E-state index contributed by atoms with van der Waals surface area (Å²) in [7, 11) is 2.62. The predicted octanol–water partition coefficient (Wildman–Crippen LogP) is 8.41. The topological polar surface area (TPSA) is 191 Å². The zero-order valence-corrected chi connectivity index (χ0v) is 39.9. The van der Waals surface area contributed by atoms with E-state index in [1.807, 2.05) is 37.5 Å². The molecule has 16 heteroatoms. The summed E-state index contributed by atoms with van der Waals surface area (Å²) in [5, 5.41) is 5.51. The first-order valence-electron chi connectivity index (χ1n) is 24.7. The number of rotatable bonds is 12. The van der Waals surface area contributed by atoms with Crippen LogP contribution in [0, 0.1) is 17.8 Å². The maximum Gasteiger partial charge on any atom is 0.407 e. The fourth-order valence-corrected chi connectivity index (χ4v) is 11.6. The number of imidazole rings is 2. The van der Waals surface area contributed by atoms with Gasteiger partial charge < -0.3 is 44.8 Å². The second kappa shape index (κ2) is 19.7. The van der Waals surface area contributed by atoms with Gasteiger partial charge in [0, 0.05) is 42.4 Å². The number of pyridine rings is 1. The van der Waals surface area contributed by atoms with Crippen molar-refractivity contribution in [1.82, 2.24) is 45.4 Å². The number of benzene rings is 1. The second-order valence-corrected chi connectivity index (χ2v) is 20.1. The van der Waals surface area contributed by atoms with Crippen LogP contribution in [0.25, 0.3) is 17.1 Å². The Hall–Kier alpha value is -5.93. The van der Waals surface area contributed by atoms with Gasteiger partial charge in [-0.05, 0) is 106 Å². The average Bonchev–Trinajstić information content (AvgIpc) is 4.20. The largest absolute Gasteiger partial charge is 0.453 e. The van der Waals surface area contributed by atoms with E-state index < -0.39 is 24.3 Å². The number of hydrogen-bond donors (Lipinski definition) is 4. The van der Waals surface area contributed by atoms with Crippen molar-refractivity contribution in [2.75, 3.05) is 32.2 Å². The Kier molecular flexibility index (Phi) is 13.6. The van der Waals surface area contributed by atoms with Crippen molar-refractivity contribution in [2.24, 2.45) is 17.8 Å². The molecule has 1 aromatic carbocycles. The molecule has 3 saturated heterocycles. The molecule has 358 valence electrons. The molecule has 4 fully saturated rings. The number of nitrogens with one attached hydrogen (secondary N) is 4. The summed E-state index contributed by atoms with van der Waals surface area (Å²) >= 11 is 0. The Balaban J connectivity index is 0.974. The molecule has 3 aromatic heterocycles. The summed E-state index contributed by atoms with van der Waals surface area (Å²) in [6, 6.07) is 9.53. The molecular weight excluding hydrogens is 849 g/mol. The van der Waals surface area contributed by atoms with Crippen molar-refractivity contribution in [2.45, 2.75) is 147 Å². The molecule has 4 N–H and O–H groups in total. The van der Waals surface area contributed by atoms with Crippen LogP contribution in [0.2, 0.25) is 0 Å². The van der Waals surface area contributed by atoms with Gasteiger partial charge in [-0.2, -0.15) is 0 Å². The third-order valence-corrected chi connectivity index (χ3v) is 15.2. The number of hydrogen-bond acceptors (Lipinski definition) is 10. The zero-order valence-electron chi connectivity index (χ0n) is 39.9. The number of likely N-dealkylation sites (tertiary alicyclic amines) is 2. The highest BCUT2D eigenvalue weighted by molar-refractivity contribution is 5.87. The van der Waals surface area contributed by atoms with Crippen molar-refractivity contribution in [1.29, 1.82) is 0 Å². The van der Waals surface area contributed by atoms with Crippen LogP contribution >= 0.6 is 0 Å². The number of methoxy groups -OCH3 is 2. The van der Waals surface area contributed by atoms with Crippen LogP contribution in [0.15, 0.2) is 42.6 Å². The van der Waals surface area contributed by atoms with E-state index in [2.05, 4.69) is 74.2 Å². The molecule has 3 aliphatic heterocycles. The molecule has 0 radical (unpaired) electrons. The number of carbonyl (C=O) groups excluding carboxylic acids is 4. The van der Waals surface area contributed by atoms with Crippen molar-refractivity contribution >= 4 is 46.8 Å². The number of nitrogens with zero attached hydrogens (tertiary/aromatic N) is 6. The minimum Gasteiger partial charge on any atom is -0.453 e. The maximum atomic E-state index is 13.9. The molecule has 6 heterocycles. The van der Waals surface area contributed by atoms with Gasteiger partial charge in [0.05, 0.1) is 61.0 Å².